The molecule has 21 heavy (non-hydrogen) atoms. The Labute approximate surface area is 152 Å². The molecular weight excluding hydrogens is 418 g/mol. The summed E-state index contributed by atoms with van der Waals surface area (Å²) >= 11 is 28.5. The van der Waals surface area contributed by atoms with E-state index in [1.165, 1.54) is 0 Å². The molecule has 6 heteroatoms. The van der Waals surface area contributed by atoms with Gasteiger partial charge in [-0.15, -0.1) is 11.6 Å². The highest BCUT2D eigenvalue weighted by atomic mass is 79.9. The first-order valence-electron chi connectivity index (χ1n) is 6.14. The van der Waals surface area contributed by atoms with Crippen molar-refractivity contribution in [2.45, 2.75) is 12.3 Å². The monoisotopic (exact) mass is 426 g/mol. The van der Waals surface area contributed by atoms with Crippen LogP contribution in [0.4, 0.5) is 0 Å². The number of benzene rings is 2. The average Bonchev–Trinajstić information content (AvgIpc) is 2.41. The van der Waals surface area contributed by atoms with Crippen LogP contribution in [-0.4, -0.2) is 6.61 Å². The van der Waals surface area contributed by atoms with E-state index in [2.05, 4.69) is 15.9 Å². The standard InChI is InChI=1S/C15H11BrCl4O/c1-2-21-14-7-12(18)11(6-13(14)19)15(20)8-3-9(16)5-10(17)4-8/h3-7,15H,2H2,1H3. The van der Waals surface area contributed by atoms with Crippen molar-refractivity contribution < 1.29 is 4.74 Å². The van der Waals surface area contributed by atoms with Crippen LogP contribution in [0.1, 0.15) is 23.4 Å². The number of alkyl halides is 1. The summed E-state index contributed by atoms with van der Waals surface area (Å²) < 4.78 is 6.26. The molecule has 0 saturated heterocycles. The molecule has 1 atom stereocenters. The molecule has 2 aromatic carbocycles. The Balaban J connectivity index is 2.43. The predicted molar refractivity (Wildman–Crippen MR) is 94.5 cm³/mol. The van der Waals surface area contributed by atoms with Crippen molar-refractivity contribution >= 4 is 62.3 Å². The van der Waals surface area contributed by atoms with Gasteiger partial charge in [0.15, 0.2) is 0 Å². The van der Waals surface area contributed by atoms with E-state index in [0.717, 1.165) is 10.0 Å². The molecule has 0 amide bonds. The molecule has 0 aliphatic heterocycles. The first-order valence-corrected chi connectivity index (χ1v) is 8.50. The quantitative estimate of drug-likeness (QED) is 0.470. The summed E-state index contributed by atoms with van der Waals surface area (Å²) in [5.41, 5.74) is 1.54. The molecule has 0 spiro atoms. The maximum atomic E-state index is 6.52. The van der Waals surface area contributed by atoms with Crippen molar-refractivity contribution in [3.05, 3.63) is 61.0 Å². The number of hydrogen-bond donors (Lipinski definition) is 0. The van der Waals surface area contributed by atoms with Crippen LogP contribution in [0.2, 0.25) is 15.1 Å². The number of hydrogen-bond acceptors (Lipinski definition) is 1. The number of ether oxygens (including phenoxy) is 1. The summed E-state index contributed by atoms with van der Waals surface area (Å²) in [4.78, 5) is 0. The Morgan fingerprint density at radius 3 is 2.38 bits per heavy atom. The van der Waals surface area contributed by atoms with Crippen LogP contribution >= 0.6 is 62.3 Å². The van der Waals surface area contributed by atoms with Crippen LogP contribution in [0.3, 0.4) is 0 Å². The van der Waals surface area contributed by atoms with Gasteiger partial charge < -0.3 is 4.74 Å². The zero-order chi connectivity index (χ0) is 15.6. The number of halogens is 5. The van der Waals surface area contributed by atoms with E-state index < -0.39 is 5.38 Å². The molecule has 1 nitrogen and oxygen atoms in total. The third kappa shape index (κ3) is 4.20. The van der Waals surface area contributed by atoms with Crippen molar-refractivity contribution in [1.82, 2.24) is 0 Å². The second-order valence-electron chi connectivity index (χ2n) is 4.30. The molecule has 2 aromatic rings. The largest absolute Gasteiger partial charge is 0.492 e. The summed E-state index contributed by atoms with van der Waals surface area (Å²) in [5.74, 6) is 0.545. The fourth-order valence-electron chi connectivity index (χ4n) is 1.91. The van der Waals surface area contributed by atoms with Crippen molar-refractivity contribution in [3.63, 3.8) is 0 Å². The van der Waals surface area contributed by atoms with Crippen molar-refractivity contribution in [1.29, 1.82) is 0 Å². The van der Waals surface area contributed by atoms with E-state index in [4.69, 9.17) is 51.1 Å². The van der Waals surface area contributed by atoms with Crippen LogP contribution in [0, 0.1) is 0 Å². The lowest BCUT2D eigenvalue weighted by Gasteiger charge is -2.15. The number of rotatable bonds is 4. The molecule has 0 aliphatic carbocycles. The van der Waals surface area contributed by atoms with Gasteiger partial charge in [0.05, 0.1) is 17.0 Å². The molecule has 0 radical (unpaired) electrons. The van der Waals surface area contributed by atoms with Gasteiger partial charge in [-0.05, 0) is 42.3 Å². The normalized spacial score (nSPS) is 12.3. The van der Waals surface area contributed by atoms with Crippen molar-refractivity contribution in [2.75, 3.05) is 6.61 Å². The van der Waals surface area contributed by atoms with Gasteiger partial charge in [-0.25, -0.2) is 0 Å². The molecule has 0 fully saturated rings. The van der Waals surface area contributed by atoms with E-state index in [9.17, 15) is 0 Å². The van der Waals surface area contributed by atoms with E-state index in [1.54, 1.807) is 24.3 Å². The fraction of sp³-hybridized carbons (Fsp3) is 0.200. The lowest BCUT2D eigenvalue weighted by Crippen LogP contribution is -1.98. The fourth-order valence-corrected chi connectivity index (χ4v) is 3.64. The summed E-state index contributed by atoms with van der Waals surface area (Å²) in [7, 11) is 0. The molecule has 0 N–H and O–H groups in total. The van der Waals surface area contributed by atoms with Crippen LogP contribution in [0.5, 0.6) is 5.75 Å². The van der Waals surface area contributed by atoms with E-state index in [-0.39, 0.29) is 0 Å². The van der Waals surface area contributed by atoms with Gasteiger partial charge in [-0.3, -0.25) is 0 Å². The minimum Gasteiger partial charge on any atom is -0.492 e. The Kier molecular flexibility index (Phi) is 6.10. The van der Waals surface area contributed by atoms with Gasteiger partial charge >= 0.3 is 0 Å². The Hall–Kier alpha value is -0.120. The molecule has 0 bridgehead atoms. The van der Waals surface area contributed by atoms with Crippen LogP contribution in [0.25, 0.3) is 0 Å². The van der Waals surface area contributed by atoms with Crippen molar-refractivity contribution in [2.24, 2.45) is 0 Å². The van der Waals surface area contributed by atoms with E-state index in [0.29, 0.717) is 33.0 Å². The highest BCUT2D eigenvalue weighted by molar-refractivity contribution is 9.10. The first-order chi connectivity index (χ1) is 9.92. The van der Waals surface area contributed by atoms with Gasteiger partial charge in [0, 0.05) is 20.6 Å². The van der Waals surface area contributed by atoms with Gasteiger partial charge in [0.1, 0.15) is 5.75 Å². The highest BCUT2D eigenvalue weighted by Gasteiger charge is 2.18. The summed E-state index contributed by atoms with van der Waals surface area (Å²) in [5, 5.41) is 1.11. The maximum absolute atomic E-state index is 6.52. The Morgan fingerprint density at radius 2 is 1.76 bits per heavy atom. The molecule has 0 heterocycles. The average molecular weight is 429 g/mol. The van der Waals surface area contributed by atoms with Crippen LogP contribution < -0.4 is 4.74 Å². The highest BCUT2D eigenvalue weighted by Crippen LogP contribution is 2.40. The zero-order valence-corrected chi connectivity index (χ0v) is 15.6. The third-order valence-corrected chi connectivity index (χ3v) is 4.59. The second-order valence-corrected chi connectivity index (χ2v) is 6.91. The van der Waals surface area contributed by atoms with Gasteiger partial charge in [-0.2, -0.15) is 0 Å². The second kappa shape index (κ2) is 7.43. The summed E-state index contributed by atoms with van der Waals surface area (Å²) in [6, 6.07) is 8.88. The molecular formula is C15H11BrCl4O. The molecule has 112 valence electrons. The smallest absolute Gasteiger partial charge is 0.139 e. The maximum Gasteiger partial charge on any atom is 0.139 e. The van der Waals surface area contributed by atoms with E-state index in [1.807, 2.05) is 13.0 Å². The van der Waals surface area contributed by atoms with E-state index >= 15 is 0 Å². The molecule has 0 saturated carbocycles. The van der Waals surface area contributed by atoms with Gasteiger partial charge in [0.2, 0.25) is 0 Å². The first kappa shape index (κ1) is 17.2. The molecule has 2 rings (SSSR count). The Bertz CT molecular complexity index is 640. The lowest BCUT2D eigenvalue weighted by molar-refractivity contribution is 0.340. The Morgan fingerprint density at radius 1 is 1.05 bits per heavy atom. The minimum absolute atomic E-state index is 0.458. The topological polar surface area (TPSA) is 9.23 Å². The van der Waals surface area contributed by atoms with Gasteiger partial charge in [-0.1, -0.05) is 50.7 Å². The lowest BCUT2D eigenvalue weighted by atomic mass is 10.0. The predicted octanol–water partition coefficient (Wildman–Crippen LogP) is 7.14. The zero-order valence-electron chi connectivity index (χ0n) is 11.0. The third-order valence-electron chi connectivity index (χ3n) is 2.80. The molecule has 0 aliphatic rings. The molecule has 1 unspecified atom stereocenters. The molecule has 0 aromatic heterocycles. The SMILES string of the molecule is CCOc1cc(Cl)c(C(Cl)c2cc(Cl)cc(Br)c2)cc1Cl. The van der Waals surface area contributed by atoms with Crippen molar-refractivity contribution in [3.8, 4) is 5.75 Å². The van der Waals surface area contributed by atoms with Crippen LogP contribution in [0.15, 0.2) is 34.8 Å². The van der Waals surface area contributed by atoms with Gasteiger partial charge in [0.25, 0.3) is 0 Å². The summed E-state index contributed by atoms with van der Waals surface area (Å²) in [6.07, 6.45) is 0. The summed E-state index contributed by atoms with van der Waals surface area (Å²) in [6.45, 7) is 2.40. The van der Waals surface area contributed by atoms with Crippen LogP contribution in [-0.2, 0) is 0 Å². The minimum atomic E-state index is -0.458.